The molecule has 156 valence electrons. The van der Waals surface area contributed by atoms with Gasteiger partial charge in [-0.2, -0.15) is 4.31 Å². The van der Waals surface area contributed by atoms with E-state index >= 15 is 0 Å². The molecule has 0 aromatic heterocycles. The molecule has 9 heteroatoms. The minimum Gasteiger partial charge on any atom is -0.492 e. The van der Waals surface area contributed by atoms with Crippen molar-refractivity contribution >= 4 is 31.9 Å². The lowest BCUT2D eigenvalue weighted by Gasteiger charge is -2.24. The zero-order chi connectivity index (χ0) is 20.1. The normalized spacial score (nSPS) is 19.6. The first-order valence-electron chi connectivity index (χ1n) is 9.84. The van der Waals surface area contributed by atoms with Crippen LogP contribution in [0, 0.1) is 0 Å². The van der Waals surface area contributed by atoms with Gasteiger partial charge in [0, 0.05) is 37.2 Å². The summed E-state index contributed by atoms with van der Waals surface area (Å²) in [4.78, 5) is 16.6. The minimum atomic E-state index is -3.67. The minimum absolute atomic E-state index is 0.152. The molecule has 0 spiro atoms. The first-order chi connectivity index (χ1) is 13.4. The van der Waals surface area contributed by atoms with Crippen LogP contribution in [-0.4, -0.2) is 80.9 Å². The van der Waals surface area contributed by atoms with Gasteiger partial charge in [0.2, 0.25) is 15.9 Å². The van der Waals surface area contributed by atoms with E-state index in [0.29, 0.717) is 49.4 Å². The quantitative estimate of drug-likeness (QED) is 0.632. The lowest BCUT2D eigenvalue weighted by molar-refractivity contribution is -0.131. The van der Waals surface area contributed by atoms with Crippen molar-refractivity contribution in [3.63, 3.8) is 0 Å². The summed E-state index contributed by atoms with van der Waals surface area (Å²) in [5.41, 5.74) is 0. The Hall–Kier alpha value is -1.16. The second-order valence-corrected chi connectivity index (χ2v) is 9.97. The van der Waals surface area contributed by atoms with Gasteiger partial charge in [-0.3, -0.25) is 9.69 Å². The molecular weight excluding hydrogens is 446 g/mol. The SMILES string of the molecule is CCOc1ccc(Br)cc1S(=O)(=O)N1CCCN(CC(=O)N2CCCC2)CC1. The third-order valence-electron chi connectivity index (χ3n) is 5.19. The van der Waals surface area contributed by atoms with Gasteiger partial charge in [-0.1, -0.05) is 15.9 Å². The van der Waals surface area contributed by atoms with Gasteiger partial charge in [0.15, 0.2) is 0 Å². The van der Waals surface area contributed by atoms with Crippen LogP contribution in [0.3, 0.4) is 0 Å². The zero-order valence-corrected chi connectivity index (χ0v) is 18.7. The molecular formula is C19H28BrN3O4S. The van der Waals surface area contributed by atoms with Gasteiger partial charge < -0.3 is 9.64 Å². The van der Waals surface area contributed by atoms with Crippen molar-refractivity contribution in [3.8, 4) is 5.75 Å². The number of nitrogens with zero attached hydrogens (tertiary/aromatic N) is 3. The number of carbonyl (C=O) groups excluding carboxylic acids is 1. The molecule has 2 heterocycles. The number of hydrogen-bond acceptors (Lipinski definition) is 5. The lowest BCUT2D eigenvalue weighted by Crippen LogP contribution is -2.41. The highest BCUT2D eigenvalue weighted by Gasteiger charge is 2.30. The molecule has 0 aliphatic carbocycles. The number of sulfonamides is 1. The van der Waals surface area contributed by atoms with Crippen molar-refractivity contribution in [2.75, 3.05) is 52.4 Å². The lowest BCUT2D eigenvalue weighted by atomic mass is 10.3. The van der Waals surface area contributed by atoms with Gasteiger partial charge in [-0.05, 0) is 50.9 Å². The molecule has 7 nitrogen and oxygen atoms in total. The molecule has 2 saturated heterocycles. The zero-order valence-electron chi connectivity index (χ0n) is 16.3. The maximum Gasteiger partial charge on any atom is 0.246 e. The number of likely N-dealkylation sites (tertiary alicyclic amines) is 1. The topological polar surface area (TPSA) is 70.2 Å². The van der Waals surface area contributed by atoms with Crippen LogP contribution >= 0.6 is 15.9 Å². The van der Waals surface area contributed by atoms with E-state index in [1.165, 1.54) is 4.31 Å². The van der Waals surface area contributed by atoms with Gasteiger partial charge in [0.1, 0.15) is 10.6 Å². The summed E-state index contributed by atoms with van der Waals surface area (Å²) in [7, 11) is -3.67. The number of benzene rings is 1. The summed E-state index contributed by atoms with van der Waals surface area (Å²) < 4.78 is 34.3. The summed E-state index contributed by atoms with van der Waals surface area (Å²) in [5.74, 6) is 0.524. The van der Waals surface area contributed by atoms with Gasteiger partial charge in [-0.15, -0.1) is 0 Å². The van der Waals surface area contributed by atoms with Crippen molar-refractivity contribution < 1.29 is 17.9 Å². The Morgan fingerprint density at radius 3 is 2.54 bits per heavy atom. The fourth-order valence-corrected chi connectivity index (χ4v) is 5.84. The summed E-state index contributed by atoms with van der Waals surface area (Å²) in [6.07, 6.45) is 2.85. The van der Waals surface area contributed by atoms with Crippen molar-refractivity contribution in [1.82, 2.24) is 14.1 Å². The van der Waals surface area contributed by atoms with Crippen LogP contribution in [0.25, 0.3) is 0 Å². The van der Waals surface area contributed by atoms with E-state index in [1.54, 1.807) is 18.2 Å². The molecule has 2 fully saturated rings. The molecule has 0 atom stereocenters. The summed E-state index contributed by atoms with van der Waals surface area (Å²) in [6, 6.07) is 5.05. The smallest absolute Gasteiger partial charge is 0.246 e. The molecule has 0 unspecified atom stereocenters. The fourth-order valence-electron chi connectivity index (χ4n) is 3.70. The van der Waals surface area contributed by atoms with E-state index < -0.39 is 10.0 Å². The maximum atomic E-state index is 13.3. The van der Waals surface area contributed by atoms with Crippen molar-refractivity contribution in [2.45, 2.75) is 31.1 Å². The van der Waals surface area contributed by atoms with Crippen LogP contribution in [-0.2, 0) is 14.8 Å². The predicted molar refractivity (Wildman–Crippen MR) is 111 cm³/mol. The number of rotatable bonds is 6. The van der Waals surface area contributed by atoms with Gasteiger partial charge in [-0.25, -0.2) is 8.42 Å². The van der Waals surface area contributed by atoms with Crippen LogP contribution in [0.5, 0.6) is 5.75 Å². The average Bonchev–Trinajstić information content (AvgIpc) is 3.10. The Morgan fingerprint density at radius 1 is 1.07 bits per heavy atom. The Labute approximate surface area is 175 Å². The first kappa shape index (κ1) is 21.5. The first-order valence-corrected chi connectivity index (χ1v) is 12.1. The Bertz CT molecular complexity index is 796. The van der Waals surface area contributed by atoms with Crippen molar-refractivity contribution in [1.29, 1.82) is 0 Å². The largest absolute Gasteiger partial charge is 0.492 e. The summed E-state index contributed by atoms with van der Waals surface area (Å²) >= 11 is 3.36. The van der Waals surface area contributed by atoms with Crippen LogP contribution in [0.4, 0.5) is 0 Å². The number of amides is 1. The van der Waals surface area contributed by atoms with Crippen LogP contribution in [0.15, 0.2) is 27.6 Å². The molecule has 1 amide bonds. The van der Waals surface area contributed by atoms with E-state index in [-0.39, 0.29) is 10.8 Å². The molecule has 0 N–H and O–H groups in total. The van der Waals surface area contributed by atoms with Crippen LogP contribution < -0.4 is 4.74 Å². The van der Waals surface area contributed by atoms with Gasteiger partial charge in [0.05, 0.1) is 13.2 Å². The average molecular weight is 474 g/mol. The summed E-state index contributed by atoms with van der Waals surface area (Å²) in [5, 5.41) is 0. The van der Waals surface area contributed by atoms with E-state index in [0.717, 1.165) is 32.5 Å². The molecule has 0 bridgehead atoms. The second-order valence-electron chi connectivity index (χ2n) is 7.15. The Balaban J connectivity index is 1.69. The fraction of sp³-hybridized carbons (Fsp3) is 0.632. The molecule has 2 aliphatic heterocycles. The maximum absolute atomic E-state index is 13.3. The Morgan fingerprint density at radius 2 is 1.82 bits per heavy atom. The second kappa shape index (κ2) is 9.56. The number of hydrogen-bond donors (Lipinski definition) is 0. The van der Waals surface area contributed by atoms with Crippen LogP contribution in [0.1, 0.15) is 26.2 Å². The van der Waals surface area contributed by atoms with Crippen LogP contribution in [0.2, 0.25) is 0 Å². The number of halogens is 1. The number of ether oxygens (including phenoxy) is 1. The van der Waals surface area contributed by atoms with E-state index in [2.05, 4.69) is 20.8 Å². The highest BCUT2D eigenvalue weighted by atomic mass is 79.9. The third kappa shape index (κ3) is 5.06. The van der Waals surface area contributed by atoms with E-state index in [9.17, 15) is 13.2 Å². The number of carbonyl (C=O) groups is 1. The summed E-state index contributed by atoms with van der Waals surface area (Å²) in [6.45, 7) is 6.37. The monoisotopic (exact) mass is 473 g/mol. The standard InChI is InChI=1S/C19H28BrN3O4S/c1-2-27-17-7-6-16(20)14-18(17)28(25,26)23-11-5-8-21(12-13-23)15-19(24)22-9-3-4-10-22/h6-7,14H,2-5,8-13,15H2,1H3. The van der Waals surface area contributed by atoms with E-state index in [4.69, 9.17) is 4.74 Å². The van der Waals surface area contributed by atoms with E-state index in [1.807, 2.05) is 11.8 Å². The van der Waals surface area contributed by atoms with Gasteiger partial charge in [0.25, 0.3) is 0 Å². The molecule has 0 radical (unpaired) electrons. The predicted octanol–water partition coefficient (Wildman–Crippen LogP) is 2.17. The molecule has 1 aromatic rings. The molecule has 2 aliphatic rings. The van der Waals surface area contributed by atoms with Gasteiger partial charge >= 0.3 is 0 Å². The molecule has 0 saturated carbocycles. The highest BCUT2D eigenvalue weighted by Crippen LogP contribution is 2.30. The van der Waals surface area contributed by atoms with Crippen molar-refractivity contribution in [3.05, 3.63) is 22.7 Å². The third-order valence-corrected chi connectivity index (χ3v) is 7.60. The molecule has 3 rings (SSSR count). The molecule has 28 heavy (non-hydrogen) atoms. The van der Waals surface area contributed by atoms with Crippen molar-refractivity contribution in [2.24, 2.45) is 0 Å². The Kier molecular flexibility index (Phi) is 7.36. The molecule has 1 aromatic carbocycles. The highest BCUT2D eigenvalue weighted by molar-refractivity contribution is 9.10.